The molecule has 1 saturated heterocycles. The Kier molecular flexibility index (Phi) is 7.36. The van der Waals surface area contributed by atoms with Gasteiger partial charge in [-0.3, -0.25) is 9.59 Å². The summed E-state index contributed by atoms with van der Waals surface area (Å²) in [7, 11) is 3.84. The van der Waals surface area contributed by atoms with Crippen molar-refractivity contribution in [3.05, 3.63) is 70.8 Å². The Morgan fingerprint density at radius 2 is 1.81 bits per heavy atom. The molecule has 32 heavy (non-hydrogen) atoms. The van der Waals surface area contributed by atoms with Gasteiger partial charge < -0.3 is 19.6 Å². The van der Waals surface area contributed by atoms with Crippen molar-refractivity contribution in [3.63, 3.8) is 0 Å². The highest BCUT2D eigenvalue weighted by Crippen LogP contribution is 2.40. The third-order valence-corrected chi connectivity index (χ3v) is 5.67. The van der Waals surface area contributed by atoms with Gasteiger partial charge in [0, 0.05) is 18.7 Å². The van der Waals surface area contributed by atoms with Gasteiger partial charge in [-0.1, -0.05) is 50.2 Å². The van der Waals surface area contributed by atoms with E-state index in [0.29, 0.717) is 36.9 Å². The van der Waals surface area contributed by atoms with Crippen molar-refractivity contribution in [3.8, 4) is 5.75 Å². The van der Waals surface area contributed by atoms with E-state index in [-0.39, 0.29) is 11.3 Å². The standard InChI is InChI=1S/C26H32N2O4/c1-6-32-21-9-7-8-20(16-21)24(29)22-23(19-12-10-18(11-13-19)17(2)3)28(15-14-27(4)5)26(31)25(22)30/h7-13,16-17,23,29H,6,14-15H2,1-5H3/b24-22-. The van der Waals surface area contributed by atoms with Crippen LogP contribution in [0.1, 0.15) is 49.4 Å². The predicted molar refractivity (Wildman–Crippen MR) is 126 cm³/mol. The molecule has 0 saturated carbocycles. The molecule has 0 radical (unpaired) electrons. The molecule has 2 aromatic rings. The highest BCUT2D eigenvalue weighted by Gasteiger charge is 2.45. The molecule has 1 amide bonds. The monoisotopic (exact) mass is 436 g/mol. The number of hydrogen-bond donors (Lipinski definition) is 1. The fraction of sp³-hybridized carbons (Fsp3) is 0.385. The van der Waals surface area contributed by atoms with Crippen LogP contribution in [0.5, 0.6) is 5.75 Å². The van der Waals surface area contributed by atoms with Crippen molar-refractivity contribution >= 4 is 17.4 Å². The molecule has 6 nitrogen and oxygen atoms in total. The minimum atomic E-state index is -0.666. The van der Waals surface area contributed by atoms with Crippen molar-refractivity contribution in [2.24, 2.45) is 0 Å². The molecule has 0 aliphatic carbocycles. The van der Waals surface area contributed by atoms with Gasteiger partial charge in [-0.15, -0.1) is 0 Å². The Balaban J connectivity index is 2.12. The number of likely N-dealkylation sites (N-methyl/N-ethyl adjacent to an activating group) is 1. The molecule has 2 aromatic carbocycles. The summed E-state index contributed by atoms with van der Waals surface area (Å²) in [6, 6.07) is 14.2. The molecule has 170 valence electrons. The average Bonchev–Trinajstić information content (AvgIpc) is 3.02. The van der Waals surface area contributed by atoms with E-state index >= 15 is 0 Å². The third-order valence-electron chi connectivity index (χ3n) is 5.67. The van der Waals surface area contributed by atoms with E-state index in [1.165, 1.54) is 5.56 Å². The maximum atomic E-state index is 13.1. The topological polar surface area (TPSA) is 70.1 Å². The number of carbonyl (C=O) groups excluding carboxylic acids is 2. The second-order valence-electron chi connectivity index (χ2n) is 8.58. The van der Waals surface area contributed by atoms with Gasteiger partial charge in [0.25, 0.3) is 11.7 Å². The average molecular weight is 437 g/mol. The number of Topliss-reactive ketones (excluding diaryl/α,β-unsaturated/α-hetero) is 1. The zero-order valence-electron chi connectivity index (χ0n) is 19.5. The molecule has 1 unspecified atom stereocenters. The number of ketones is 1. The molecule has 3 rings (SSSR count). The van der Waals surface area contributed by atoms with Crippen LogP contribution in [0.2, 0.25) is 0 Å². The minimum Gasteiger partial charge on any atom is -0.507 e. The lowest BCUT2D eigenvalue weighted by Crippen LogP contribution is -2.35. The van der Waals surface area contributed by atoms with Crippen LogP contribution in [0.25, 0.3) is 5.76 Å². The number of benzene rings is 2. The van der Waals surface area contributed by atoms with Crippen LogP contribution in [-0.2, 0) is 9.59 Å². The van der Waals surface area contributed by atoms with Crippen molar-refractivity contribution in [2.75, 3.05) is 33.8 Å². The van der Waals surface area contributed by atoms with Crippen LogP contribution in [0.3, 0.4) is 0 Å². The van der Waals surface area contributed by atoms with Crippen molar-refractivity contribution in [1.29, 1.82) is 0 Å². The van der Waals surface area contributed by atoms with E-state index in [1.54, 1.807) is 29.2 Å². The second-order valence-corrected chi connectivity index (χ2v) is 8.58. The molecule has 1 fully saturated rings. The van der Waals surface area contributed by atoms with E-state index in [1.807, 2.05) is 50.2 Å². The first-order valence-corrected chi connectivity index (χ1v) is 11.0. The van der Waals surface area contributed by atoms with E-state index < -0.39 is 17.7 Å². The number of likely N-dealkylation sites (tertiary alicyclic amines) is 1. The second kappa shape index (κ2) is 10.0. The molecule has 1 heterocycles. The Hall–Kier alpha value is -3.12. The van der Waals surface area contributed by atoms with Crippen LogP contribution >= 0.6 is 0 Å². The maximum Gasteiger partial charge on any atom is 0.295 e. The van der Waals surface area contributed by atoms with Crippen LogP contribution in [0.4, 0.5) is 0 Å². The van der Waals surface area contributed by atoms with E-state index in [4.69, 9.17) is 4.74 Å². The molecular formula is C26H32N2O4. The van der Waals surface area contributed by atoms with Gasteiger partial charge in [0.15, 0.2) is 0 Å². The molecule has 1 atom stereocenters. The quantitative estimate of drug-likeness (QED) is 0.382. The van der Waals surface area contributed by atoms with Crippen LogP contribution in [0, 0.1) is 0 Å². The fourth-order valence-corrected chi connectivity index (χ4v) is 3.88. The van der Waals surface area contributed by atoms with E-state index in [9.17, 15) is 14.7 Å². The molecule has 1 N–H and O–H groups in total. The summed E-state index contributed by atoms with van der Waals surface area (Å²) in [6.07, 6.45) is 0. The predicted octanol–water partition coefficient (Wildman–Crippen LogP) is 4.19. The van der Waals surface area contributed by atoms with Crippen molar-refractivity contribution < 1.29 is 19.4 Å². The van der Waals surface area contributed by atoms with E-state index in [0.717, 1.165) is 5.56 Å². The summed E-state index contributed by atoms with van der Waals surface area (Å²) in [5, 5.41) is 11.2. The first-order valence-electron chi connectivity index (χ1n) is 11.0. The molecule has 6 heteroatoms. The number of ether oxygens (including phenoxy) is 1. The Morgan fingerprint density at radius 1 is 1.12 bits per heavy atom. The third kappa shape index (κ3) is 4.86. The number of rotatable bonds is 8. The molecular weight excluding hydrogens is 404 g/mol. The van der Waals surface area contributed by atoms with Crippen LogP contribution in [-0.4, -0.2) is 60.4 Å². The van der Waals surface area contributed by atoms with Crippen molar-refractivity contribution in [2.45, 2.75) is 32.7 Å². The zero-order chi connectivity index (χ0) is 23.4. The van der Waals surface area contributed by atoms with Crippen LogP contribution < -0.4 is 4.74 Å². The summed E-state index contributed by atoms with van der Waals surface area (Å²) < 4.78 is 5.54. The first kappa shape index (κ1) is 23.5. The van der Waals surface area contributed by atoms with Gasteiger partial charge in [-0.2, -0.15) is 0 Å². The maximum absolute atomic E-state index is 13.1. The smallest absolute Gasteiger partial charge is 0.295 e. The first-order chi connectivity index (χ1) is 15.2. The van der Waals surface area contributed by atoms with E-state index in [2.05, 4.69) is 13.8 Å². The lowest BCUT2D eigenvalue weighted by Gasteiger charge is -2.27. The lowest BCUT2D eigenvalue weighted by atomic mass is 9.93. The molecule has 0 aromatic heterocycles. The normalized spacial score (nSPS) is 18.1. The van der Waals surface area contributed by atoms with Gasteiger partial charge in [-0.05, 0) is 50.2 Å². The van der Waals surface area contributed by atoms with Gasteiger partial charge >= 0.3 is 0 Å². The lowest BCUT2D eigenvalue weighted by molar-refractivity contribution is -0.140. The minimum absolute atomic E-state index is 0.111. The highest BCUT2D eigenvalue weighted by atomic mass is 16.5. The Labute approximate surface area is 190 Å². The van der Waals surface area contributed by atoms with Gasteiger partial charge in [0.1, 0.15) is 11.5 Å². The number of aliphatic hydroxyl groups is 1. The molecule has 1 aliphatic heterocycles. The number of hydrogen-bond acceptors (Lipinski definition) is 5. The SMILES string of the molecule is CCOc1cccc(/C(O)=C2/C(=O)C(=O)N(CCN(C)C)C2c2ccc(C(C)C)cc2)c1. The highest BCUT2D eigenvalue weighted by molar-refractivity contribution is 6.46. The molecule has 0 bridgehead atoms. The number of carbonyl (C=O) groups is 2. The number of aliphatic hydroxyl groups excluding tert-OH is 1. The molecule has 0 spiro atoms. The van der Waals surface area contributed by atoms with Crippen LogP contribution in [0.15, 0.2) is 54.1 Å². The summed E-state index contributed by atoms with van der Waals surface area (Å²) in [5.41, 5.74) is 2.53. The Morgan fingerprint density at radius 3 is 2.41 bits per heavy atom. The summed E-state index contributed by atoms with van der Waals surface area (Å²) in [5.74, 6) is -0.481. The summed E-state index contributed by atoms with van der Waals surface area (Å²) in [6.45, 7) is 7.58. The van der Waals surface area contributed by atoms with Crippen molar-refractivity contribution in [1.82, 2.24) is 9.80 Å². The molecule has 1 aliphatic rings. The van der Waals surface area contributed by atoms with Gasteiger partial charge in [-0.25, -0.2) is 0 Å². The van der Waals surface area contributed by atoms with Gasteiger partial charge in [0.2, 0.25) is 0 Å². The largest absolute Gasteiger partial charge is 0.507 e. The zero-order valence-corrected chi connectivity index (χ0v) is 19.5. The summed E-state index contributed by atoms with van der Waals surface area (Å²) >= 11 is 0. The Bertz CT molecular complexity index is 1010. The number of nitrogens with zero attached hydrogens (tertiary/aromatic N) is 2. The van der Waals surface area contributed by atoms with Gasteiger partial charge in [0.05, 0.1) is 18.2 Å². The summed E-state index contributed by atoms with van der Waals surface area (Å²) in [4.78, 5) is 29.6. The fourth-order valence-electron chi connectivity index (χ4n) is 3.88. The number of amides is 1.